The van der Waals surface area contributed by atoms with E-state index in [0.717, 1.165) is 16.8 Å². The molecule has 1 aliphatic heterocycles. The Morgan fingerprint density at radius 2 is 2.06 bits per heavy atom. The Kier molecular flexibility index (Phi) is 3.20. The molecule has 0 aromatic heterocycles. The summed E-state index contributed by atoms with van der Waals surface area (Å²) >= 11 is 0. The molecule has 1 amide bonds. The summed E-state index contributed by atoms with van der Waals surface area (Å²) in [5.41, 5.74) is 2.73. The lowest BCUT2D eigenvalue weighted by Crippen LogP contribution is -2.25. The number of amides is 1. The Bertz CT molecular complexity index is 474. The number of rotatable bonds is 2. The van der Waals surface area contributed by atoms with E-state index < -0.39 is 6.10 Å². The van der Waals surface area contributed by atoms with E-state index in [1.807, 2.05) is 45.9 Å². The lowest BCUT2D eigenvalue weighted by Gasteiger charge is -2.26. The topological polar surface area (TPSA) is 40.5 Å². The first-order valence-electron chi connectivity index (χ1n) is 6.46. The first-order chi connectivity index (χ1) is 8.34. The maximum absolute atomic E-state index is 11.8. The van der Waals surface area contributed by atoms with Crippen molar-refractivity contribution in [2.24, 2.45) is 5.41 Å². The van der Waals surface area contributed by atoms with E-state index in [4.69, 9.17) is 0 Å². The van der Waals surface area contributed by atoms with E-state index in [2.05, 4.69) is 0 Å². The van der Waals surface area contributed by atoms with Crippen LogP contribution >= 0.6 is 0 Å². The third-order valence-electron chi connectivity index (χ3n) is 3.49. The largest absolute Gasteiger partial charge is 0.388 e. The maximum Gasteiger partial charge on any atom is 0.231 e. The lowest BCUT2D eigenvalue weighted by atomic mass is 9.84. The zero-order valence-electron chi connectivity index (χ0n) is 11.5. The first kappa shape index (κ1) is 13.1. The molecule has 1 aliphatic rings. The third kappa shape index (κ3) is 2.15. The summed E-state index contributed by atoms with van der Waals surface area (Å²) in [6.45, 7) is 8.70. The van der Waals surface area contributed by atoms with Crippen molar-refractivity contribution in [3.05, 3.63) is 29.3 Å². The van der Waals surface area contributed by atoms with E-state index in [1.54, 1.807) is 4.90 Å². The number of benzene rings is 1. The van der Waals surface area contributed by atoms with Crippen molar-refractivity contribution in [2.75, 3.05) is 11.4 Å². The van der Waals surface area contributed by atoms with Gasteiger partial charge < -0.3 is 10.0 Å². The Hall–Kier alpha value is -1.35. The minimum Gasteiger partial charge on any atom is -0.388 e. The monoisotopic (exact) mass is 247 g/mol. The molecular weight excluding hydrogens is 226 g/mol. The van der Waals surface area contributed by atoms with Crippen LogP contribution in [0.25, 0.3) is 0 Å². The number of carbonyl (C=O) groups is 1. The Labute approximate surface area is 108 Å². The highest BCUT2D eigenvalue weighted by Gasteiger charge is 2.29. The van der Waals surface area contributed by atoms with Gasteiger partial charge in [-0.3, -0.25) is 4.79 Å². The number of anilines is 1. The Morgan fingerprint density at radius 1 is 1.39 bits per heavy atom. The second-order valence-electron chi connectivity index (χ2n) is 5.97. The molecule has 0 aliphatic carbocycles. The molecule has 1 atom stereocenters. The van der Waals surface area contributed by atoms with Crippen molar-refractivity contribution in [3.63, 3.8) is 0 Å². The van der Waals surface area contributed by atoms with Crippen LogP contribution in [0, 0.1) is 5.41 Å². The summed E-state index contributed by atoms with van der Waals surface area (Å²) in [5, 5.41) is 10.3. The van der Waals surface area contributed by atoms with Gasteiger partial charge in [0.15, 0.2) is 0 Å². The van der Waals surface area contributed by atoms with Gasteiger partial charge in [0, 0.05) is 12.2 Å². The molecule has 1 N–H and O–H groups in total. The van der Waals surface area contributed by atoms with E-state index in [-0.39, 0.29) is 11.3 Å². The van der Waals surface area contributed by atoms with Crippen molar-refractivity contribution in [1.29, 1.82) is 0 Å². The molecule has 0 saturated carbocycles. The molecule has 1 unspecified atom stereocenters. The summed E-state index contributed by atoms with van der Waals surface area (Å²) in [6, 6.07) is 5.85. The van der Waals surface area contributed by atoms with E-state index in [9.17, 15) is 9.90 Å². The molecule has 2 rings (SSSR count). The number of aliphatic hydroxyl groups excluding tert-OH is 1. The highest BCUT2D eigenvalue weighted by molar-refractivity contribution is 6.01. The fraction of sp³-hybridized carbons (Fsp3) is 0.533. The van der Waals surface area contributed by atoms with Gasteiger partial charge in [0.2, 0.25) is 5.91 Å². The van der Waals surface area contributed by atoms with Crippen molar-refractivity contribution < 1.29 is 9.90 Å². The second kappa shape index (κ2) is 4.39. The van der Waals surface area contributed by atoms with E-state index in [1.165, 1.54) is 0 Å². The van der Waals surface area contributed by atoms with Crippen LogP contribution in [0.4, 0.5) is 5.69 Å². The summed E-state index contributed by atoms with van der Waals surface area (Å²) in [7, 11) is 0. The van der Waals surface area contributed by atoms with Crippen LogP contribution in [0.3, 0.4) is 0 Å². The fourth-order valence-electron chi connectivity index (χ4n) is 2.42. The zero-order valence-corrected chi connectivity index (χ0v) is 11.5. The SMILES string of the molecule is CCN1C(=O)Cc2cc(C(O)C(C)(C)C)ccc21. The standard InChI is InChI=1S/C15H21NO2/c1-5-16-12-7-6-10(14(18)15(2,3)4)8-11(12)9-13(16)17/h6-8,14,18H,5,9H2,1-4H3. The normalized spacial score (nSPS) is 16.9. The molecular formula is C15H21NO2. The number of likely N-dealkylation sites (N-methyl/N-ethyl adjacent to an activating group) is 1. The van der Waals surface area contributed by atoms with Gasteiger partial charge >= 0.3 is 0 Å². The van der Waals surface area contributed by atoms with Crippen molar-refractivity contribution in [3.8, 4) is 0 Å². The Morgan fingerprint density at radius 3 is 2.61 bits per heavy atom. The number of hydrogen-bond acceptors (Lipinski definition) is 2. The number of nitrogens with zero attached hydrogens (tertiary/aromatic N) is 1. The minimum absolute atomic E-state index is 0.148. The van der Waals surface area contributed by atoms with Crippen LogP contribution in [0.2, 0.25) is 0 Å². The smallest absolute Gasteiger partial charge is 0.231 e. The summed E-state index contributed by atoms with van der Waals surface area (Å²) in [5.74, 6) is 0.148. The van der Waals surface area contributed by atoms with Gasteiger partial charge in [0.25, 0.3) is 0 Å². The highest BCUT2D eigenvalue weighted by atomic mass is 16.3. The molecule has 98 valence electrons. The number of aliphatic hydroxyl groups is 1. The van der Waals surface area contributed by atoms with Crippen molar-refractivity contribution in [2.45, 2.75) is 40.2 Å². The quantitative estimate of drug-likeness (QED) is 0.873. The third-order valence-corrected chi connectivity index (χ3v) is 3.49. The maximum atomic E-state index is 11.8. The number of carbonyl (C=O) groups excluding carboxylic acids is 1. The van der Waals surface area contributed by atoms with Gasteiger partial charge in [0.1, 0.15) is 0 Å². The van der Waals surface area contributed by atoms with Gasteiger partial charge in [-0.15, -0.1) is 0 Å². The lowest BCUT2D eigenvalue weighted by molar-refractivity contribution is -0.117. The molecule has 0 radical (unpaired) electrons. The van der Waals surface area contributed by atoms with Crippen molar-refractivity contribution in [1.82, 2.24) is 0 Å². The number of hydrogen-bond donors (Lipinski definition) is 1. The van der Waals surface area contributed by atoms with E-state index in [0.29, 0.717) is 13.0 Å². The molecule has 0 spiro atoms. The van der Waals surface area contributed by atoms with Gasteiger partial charge in [-0.05, 0) is 29.5 Å². The molecule has 1 aromatic rings. The molecule has 0 fully saturated rings. The van der Waals surface area contributed by atoms with E-state index >= 15 is 0 Å². The molecule has 1 heterocycles. The average molecular weight is 247 g/mol. The molecule has 1 aromatic carbocycles. The first-order valence-corrected chi connectivity index (χ1v) is 6.46. The fourth-order valence-corrected chi connectivity index (χ4v) is 2.42. The van der Waals surface area contributed by atoms with Gasteiger partial charge in [-0.2, -0.15) is 0 Å². The van der Waals surface area contributed by atoms with Gasteiger partial charge in [0.05, 0.1) is 12.5 Å². The molecule has 0 saturated heterocycles. The van der Waals surface area contributed by atoms with Crippen LogP contribution in [0.1, 0.15) is 44.9 Å². The summed E-state index contributed by atoms with van der Waals surface area (Å²) in [6.07, 6.45) is -0.0537. The van der Waals surface area contributed by atoms with Gasteiger partial charge in [-0.25, -0.2) is 0 Å². The average Bonchev–Trinajstić information content (AvgIpc) is 2.60. The predicted octanol–water partition coefficient (Wildman–Crippen LogP) is 2.68. The molecule has 0 bridgehead atoms. The van der Waals surface area contributed by atoms with Crippen LogP contribution in [-0.2, 0) is 11.2 Å². The molecule has 3 heteroatoms. The van der Waals surface area contributed by atoms with Gasteiger partial charge in [-0.1, -0.05) is 32.9 Å². The predicted molar refractivity (Wildman–Crippen MR) is 72.6 cm³/mol. The van der Waals surface area contributed by atoms with Crippen LogP contribution < -0.4 is 4.90 Å². The summed E-state index contributed by atoms with van der Waals surface area (Å²) < 4.78 is 0. The Balaban J connectivity index is 2.36. The van der Waals surface area contributed by atoms with Crippen LogP contribution in [-0.4, -0.2) is 17.6 Å². The zero-order chi connectivity index (χ0) is 13.5. The minimum atomic E-state index is -0.506. The van der Waals surface area contributed by atoms with Crippen LogP contribution in [0.5, 0.6) is 0 Å². The van der Waals surface area contributed by atoms with Crippen molar-refractivity contribution >= 4 is 11.6 Å². The second-order valence-corrected chi connectivity index (χ2v) is 5.97. The molecule has 3 nitrogen and oxygen atoms in total. The van der Waals surface area contributed by atoms with Crippen LogP contribution in [0.15, 0.2) is 18.2 Å². The number of fused-ring (bicyclic) bond motifs is 1. The molecule has 18 heavy (non-hydrogen) atoms. The summed E-state index contributed by atoms with van der Waals surface area (Å²) in [4.78, 5) is 13.6. The highest BCUT2D eigenvalue weighted by Crippen LogP contribution is 2.36.